The summed E-state index contributed by atoms with van der Waals surface area (Å²) in [6.07, 6.45) is 6.91. The average Bonchev–Trinajstić information content (AvgIpc) is 3.28. The Morgan fingerprint density at radius 3 is 2.31 bits per heavy atom. The first kappa shape index (κ1) is 24.1. The molecule has 2 N–H and O–H groups in total. The van der Waals surface area contributed by atoms with E-state index in [0.29, 0.717) is 11.8 Å². The number of aromatic nitrogens is 2. The third kappa shape index (κ3) is 8.19. The van der Waals surface area contributed by atoms with Crippen molar-refractivity contribution >= 4 is 0 Å². The quantitative estimate of drug-likeness (QED) is 0.284. The maximum atomic E-state index is 10.3. The number of aliphatic hydroxyl groups is 1. The molecule has 0 radical (unpaired) electrons. The minimum absolute atomic E-state index is 0.532. The third-order valence-corrected chi connectivity index (χ3v) is 5.51. The molecule has 0 amide bonds. The second-order valence-corrected chi connectivity index (χ2v) is 8.54. The lowest BCUT2D eigenvalue weighted by Gasteiger charge is -2.14. The van der Waals surface area contributed by atoms with E-state index in [1.807, 2.05) is 38.4 Å². The predicted octanol–water partition coefficient (Wildman–Crippen LogP) is 4.61. The van der Waals surface area contributed by atoms with Gasteiger partial charge in [-0.2, -0.15) is 0 Å². The van der Waals surface area contributed by atoms with Crippen molar-refractivity contribution in [3.05, 3.63) is 71.6 Å². The van der Waals surface area contributed by atoms with Crippen LogP contribution in [-0.4, -0.2) is 47.4 Å². The zero-order chi connectivity index (χ0) is 22.6. The van der Waals surface area contributed by atoms with Gasteiger partial charge in [-0.1, -0.05) is 55.3 Å². The molecule has 1 aromatic heterocycles. The van der Waals surface area contributed by atoms with Crippen LogP contribution in [0.2, 0.25) is 0 Å². The smallest absolute Gasteiger partial charge is 0.247 e. The minimum Gasteiger partial charge on any atom is -0.421 e. The van der Waals surface area contributed by atoms with Crippen LogP contribution in [-0.2, 0) is 12.8 Å². The summed E-state index contributed by atoms with van der Waals surface area (Å²) in [5.74, 6) is 1.22. The number of benzene rings is 2. The van der Waals surface area contributed by atoms with Crippen LogP contribution >= 0.6 is 0 Å². The summed E-state index contributed by atoms with van der Waals surface area (Å²) in [5.41, 5.74) is 3.11. The van der Waals surface area contributed by atoms with Crippen LogP contribution < -0.4 is 5.32 Å². The van der Waals surface area contributed by atoms with Gasteiger partial charge in [0.2, 0.25) is 11.8 Å². The van der Waals surface area contributed by atoms with Crippen molar-refractivity contribution in [2.24, 2.45) is 0 Å². The maximum Gasteiger partial charge on any atom is 0.247 e. The highest BCUT2D eigenvalue weighted by Crippen LogP contribution is 2.21. The van der Waals surface area contributed by atoms with Crippen molar-refractivity contribution in [2.45, 2.75) is 51.2 Å². The van der Waals surface area contributed by atoms with Crippen LogP contribution in [0.25, 0.3) is 11.5 Å². The third-order valence-electron chi connectivity index (χ3n) is 5.51. The predicted molar refractivity (Wildman–Crippen MR) is 128 cm³/mol. The van der Waals surface area contributed by atoms with Crippen molar-refractivity contribution in [3.63, 3.8) is 0 Å². The van der Waals surface area contributed by atoms with Crippen LogP contribution in [0.1, 0.15) is 55.3 Å². The van der Waals surface area contributed by atoms with E-state index in [2.05, 4.69) is 50.7 Å². The molecule has 1 unspecified atom stereocenters. The van der Waals surface area contributed by atoms with Gasteiger partial charge < -0.3 is 14.4 Å². The summed E-state index contributed by atoms with van der Waals surface area (Å²) in [4.78, 5) is 2.13. The summed E-state index contributed by atoms with van der Waals surface area (Å²) in [7, 11) is 4.09. The van der Waals surface area contributed by atoms with Crippen LogP contribution in [0.3, 0.4) is 0 Å². The topological polar surface area (TPSA) is 74.4 Å². The van der Waals surface area contributed by atoms with E-state index in [4.69, 9.17) is 4.42 Å². The summed E-state index contributed by atoms with van der Waals surface area (Å²) in [6.45, 7) is 1.76. The first-order valence-electron chi connectivity index (χ1n) is 11.6. The molecular weight excluding hydrogens is 400 g/mol. The molecule has 0 fully saturated rings. The Labute approximate surface area is 191 Å². The van der Waals surface area contributed by atoms with Gasteiger partial charge in [-0.15, -0.1) is 10.2 Å². The van der Waals surface area contributed by atoms with Crippen molar-refractivity contribution in [2.75, 3.05) is 27.2 Å². The number of unbranched alkanes of at least 4 members (excludes halogenated alkanes) is 3. The lowest BCUT2D eigenvalue weighted by molar-refractivity contribution is 0.138. The Kier molecular flexibility index (Phi) is 9.88. The Morgan fingerprint density at radius 1 is 0.875 bits per heavy atom. The lowest BCUT2D eigenvalue weighted by atomic mass is 10.1. The molecule has 1 heterocycles. The van der Waals surface area contributed by atoms with Gasteiger partial charge in [0.05, 0.1) is 0 Å². The molecule has 3 aromatic rings. The van der Waals surface area contributed by atoms with Crippen molar-refractivity contribution in [3.8, 4) is 11.5 Å². The zero-order valence-corrected chi connectivity index (χ0v) is 19.3. The molecule has 3 rings (SSSR count). The minimum atomic E-state index is -0.675. The summed E-state index contributed by atoms with van der Waals surface area (Å²) in [6, 6.07) is 18.3. The Bertz CT molecular complexity index is 894. The first-order valence-corrected chi connectivity index (χ1v) is 11.6. The highest BCUT2D eigenvalue weighted by Gasteiger charge is 2.11. The molecule has 0 aliphatic heterocycles. The summed E-state index contributed by atoms with van der Waals surface area (Å²) >= 11 is 0. The standard InChI is InChI=1S/C26H36N4O2/c1-30(2)20-10-19-27-25(31)22-15-17-23(18-16-22)26-29-28-24(32-26)14-9-4-3-6-11-21-12-7-5-8-13-21/h5,7-8,12-13,15-18,25,27,31H,3-4,6,9-11,14,19-20H2,1-2H3. The summed E-state index contributed by atoms with van der Waals surface area (Å²) in [5, 5.41) is 21.8. The molecule has 0 saturated carbocycles. The molecule has 6 nitrogen and oxygen atoms in total. The summed E-state index contributed by atoms with van der Waals surface area (Å²) < 4.78 is 5.84. The molecule has 0 saturated heterocycles. The fraction of sp³-hybridized carbons (Fsp3) is 0.462. The van der Waals surface area contributed by atoms with E-state index in [0.717, 1.165) is 49.9 Å². The SMILES string of the molecule is CN(C)CCCNC(O)c1ccc(-c2nnc(CCCCCCc3ccccc3)o2)cc1. The Balaban J connectivity index is 1.37. The van der Waals surface area contributed by atoms with E-state index in [9.17, 15) is 5.11 Å². The molecule has 0 bridgehead atoms. The molecule has 6 heteroatoms. The molecular formula is C26H36N4O2. The normalized spacial score (nSPS) is 12.4. The molecule has 0 aliphatic rings. The van der Waals surface area contributed by atoms with Crippen LogP contribution in [0.5, 0.6) is 0 Å². The van der Waals surface area contributed by atoms with Gasteiger partial charge in [0.25, 0.3) is 0 Å². The number of aliphatic hydroxyl groups excluding tert-OH is 1. The van der Waals surface area contributed by atoms with E-state index >= 15 is 0 Å². The molecule has 0 aliphatic carbocycles. The molecule has 32 heavy (non-hydrogen) atoms. The van der Waals surface area contributed by atoms with Crippen LogP contribution in [0.4, 0.5) is 0 Å². The van der Waals surface area contributed by atoms with Crippen LogP contribution in [0, 0.1) is 0 Å². The molecule has 0 spiro atoms. The van der Waals surface area contributed by atoms with Gasteiger partial charge in [0.15, 0.2) is 0 Å². The van der Waals surface area contributed by atoms with E-state index in [1.165, 1.54) is 24.8 Å². The van der Waals surface area contributed by atoms with Crippen molar-refractivity contribution < 1.29 is 9.52 Å². The van der Waals surface area contributed by atoms with E-state index in [-0.39, 0.29) is 0 Å². The van der Waals surface area contributed by atoms with Gasteiger partial charge >= 0.3 is 0 Å². The fourth-order valence-electron chi connectivity index (χ4n) is 3.63. The van der Waals surface area contributed by atoms with Crippen LogP contribution in [0.15, 0.2) is 59.0 Å². The number of hydrogen-bond donors (Lipinski definition) is 2. The number of rotatable bonds is 14. The van der Waals surface area contributed by atoms with Crippen molar-refractivity contribution in [1.29, 1.82) is 0 Å². The lowest BCUT2D eigenvalue weighted by Crippen LogP contribution is -2.25. The largest absolute Gasteiger partial charge is 0.421 e. The highest BCUT2D eigenvalue weighted by molar-refractivity contribution is 5.53. The van der Waals surface area contributed by atoms with Gasteiger partial charge in [-0.3, -0.25) is 5.32 Å². The van der Waals surface area contributed by atoms with Gasteiger partial charge in [0.1, 0.15) is 6.23 Å². The number of aryl methyl sites for hydroxylation is 2. The molecule has 1 atom stereocenters. The maximum absolute atomic E-state index is 10.3. The van der Waals surface area contributed by atoms with Crippen molar-refractivity contribution in [1.82, 2.24) is 20.4 Å². The van der Waals surface area contributed by atoms with E-state index < -0.39 is 6.23 Å². The number of hydrogen-bond acceptors (Lipinski definition) is 6. The highest BCUT2D eigenvalue weighted by atomic mass is 16.4. The number of nitrogens with one attached hydrogen (secondary N) is 1. The Hall–Kier alpha value is -2.54. The molecule has 2 aromatic carbocycles. The van der Waals surface area contributed by atoms with Gasteiger partial charge in [-0.25, -0.2) is 0 Å². The zero-order valence-electron chi connectivity index (χ0n) is 19.3. The first-order chi connectivity index (χ1) is 15.6. The second kappa shape index (κ2) is 13.1. The molecule has 172 valence electrons. The average molecular weight is 437 g/mol. The number of nitrogens with zero attached hydrogens (tertiary/aromatic N) is 3. The van der Waals surface area contributed by atoms with Gasteiger partial charge in [0, 0.05) is 12.0 Å². The fourth-order valence-corrected chi connectivity index (χ4v) is 3.63. The second-order valence-electron chi connectivity index (χ2n) is 8.54. The monoisotopic (exact) mass is 436 g/mol. The van der Waals surface area contributed by atoms with E-state index in [1.54, 1.807) is 0 Å². The Morgan fingerprint density at radius 2 is 1.59 bits per heavy atom. The van der Waals surface area contributed by atoms with Gasteiger partial charge in [-0.05, 0) is 76.1 Å².